The normalized spacial score (nSPS) is 10.2. The highest BCUT2D eigenvalue weighted by Crippen LogP contribution is 2.12. The number of rotatable bonds is 4. The summed E-state index contributed by atoms with van der Waals surface area (Å²) in [6.45, 7) is 2.35. The lowest BCUT2D eigenvalue weighted by Crippen LogP contribution is -2.04. The van der Waals surface area contributed by atoms with E-state index in [2.05, 4.69) is 6.92 Å². The smallest absolute Gasteiger partial charge is 0.338 e. The summed E-state index contributed by atoms with van der Waals surface area (Å²) in [6, 6.07) is 14.0. The first-order valence-corrected chi connectivity index (χ1v) is 6.23. The third-order valence-corrected chi connectivity index (χ3v) is 2.90. The van der Waals surface area contributed by atoms with Gasteiger partial charge in [0.05, 0.1) is 5.56 Å². The van der Waals surface area contributed by atoms with Crippen molar-refractivity contribution in [1.82, 2.24) is 0 Å². The van der Waals surface area contributed by atoms with Gasteiger partial charge in [0.25, 0.3) is 0 Å². The van der Waals surface area contributed by atoms with E-state index in [1.54, 1.807) is 0 Å². The van der Waals surface area contributed by atoms with E-state index in [1.165, 1.54) is 29.8 Å². The van der Waals surface area contributed by atoms with Gasteiger partial charge in [-0.15, -0.1) is 0 Å². The molecule has 0 saturated carbocycles. The average molecular weight is 256 g/mol. The third kappa shape index (κ3) is 3.58. The van der Waals surface area contributed by atoms with Crippen molar-refractivity contribution in [3.8, 4) is 5.75 Å². The van der Waals surface area contributed by atoms with Gasteiger partial charge < -0.3 is 9.84 Å². The monoisotopic (exact) mass is 256 g/mol. The quantitative estimate of drug-likeness (QED) is 0.854. The van der Waals surface area contributed by atoms with Crippen LogP contribution in [0.2, 0.25) is 0 Å². The number of hydrogen-bond donors (Lipinski definition) is 1. The number of aryl methyl sites for hydroxylation is 1. The van der Waals surface area contributed by atoms with Crippen LogP contribution in [0.5, 0.6) is 5.75 Å². The minimum atomic E-state index is -0.389. The van der Waals surface area contributed by atoms with Crippen LogP contribution in [0.25, 0.3) is 0 Å². The number of ether oxygens (including phenoxy) is 1. The Morgan fingerprint density at radius 3 is 2.16 bits per heavy atom. The van der Waals surface area contributed by atoms with E-state index in [1.807, 2.05) is 24.3 Å². The number of esters is 1. The number of benzene rings is 2. The van der Waals surface area contributed by atoms with Gasteiger partial charge in [-0.2, -0.15) is 0 Å². The Bertz CT molecular complexity index is 541. The molecule has 0 bridgehead atoms. The molecule has 0 spiro atoms. The maximum absolute atomic E-state index is 11.7. The summed E-state index contributed by atoms with van der Waals surface area (Å²) in [7, 11) is 0. The van der Waals surface area contributed by atoms with Crippen LogP contribution in [-0.4, -0.2) is 11.1 Å². The van der Waals surface area contributed by atoms with Crippen LogP contribution >= 0.6 is 0 Å². The fourth-order valence-corrected chi connectivity index (χ4v) is 1.70. The molecule has 0 radical (unpaired) electrons. The number of phenolic OH excluding ortho intramolecular Hbond substituents is 1. The van der Waals surface area contributed by atoms with Crippen molar-refractivity contribution < 1.29 is 14.6 Å². The second kappa shape index (κ2) is 6.05. The zero-order valence-electron chi connectivity index (χ0n) is 10.8. The van der Waals surface area contributed by atoms with Crippen molar-refractivity contribution in [2.24, 2.45) is 0 Å². The van der Waals surface area contributed by atoms with E-state index >= 15 is 0 Å². The Morgan fingerprint density at radius 1 is 1.00 bits per heavy atom. The molecule has 0 amide bonds. The molecule has 0 fully saturated rings. The molecule has 3 nitrogen and oxygen atoms in total. The molecular weight excluding hydrogens is 240 g/mol. The van der Waals surface area contributed by atoms with Gasteiger partial charge in [-0.25, -0.2) is 4.79 Å². The maximum atomic E-state index is 11.7. The predicted octanol–water partition coefficient (Wildman–Crippen LogP) is 3.31. The van der Waals surface area contributed by atoms with Crippen LogP contribution in [-0.2, 0) is 17.8 Å². The fourth-order valence-electron chi connectivity index (χ4n) is 1.70. The molecule has 2 rings (SSSR count). The number of aromatic hydroxyl groups is 1. The van der Waals surface area contributed by atoms with Gasteiger partial charge in [0.2, 0.25) is 0 Å². The molecule has 0 atom stereocenters. The average Bonchev–Trinajstić information content (AvgIpc) is 2.46. The van der Waals surface area contributed by atoms with Crippen LogP contribution in [0.15, 0.2) is 48.5 Å². The lowest BCUT2D eigenvalue weighted by Gasteiger charge is -2.06. The molecule has 0 saturated heterocycles. The Hall–Kier alpha value is -2.29. The first-order chi connectivity index (χ1) is 9.19. The van der Waals surface area contributed by atoms with E-state index in [9.17, 15) is 4.79 Å². The van der Waals surface area contributed by atoms with Crippen LogP contribution in [0.1, 0.15) is 28.4 Å². The molecule has 0 heterocycles. The summed E-state index contributed by atoms with van der Waals surface area (Å²) in [5, 5.41) is 9.14. The molecule has 0 aliphatic carbocycles. The standard InChI is InChI=1S/C16H16O3/c1-2-12-3-5-13(6-4-12)11-19-16(18)14-7-9-15(17)10-8-14/h3-10,17H,2,11H2,1H3. The predicted molar refractivity (Wildman–Crippen MR) is 73.0 cm³/mol. The minimum absolute atomic E-state index is 0.131. The third-order valence-electron chi connectivity index (χ3n) is 2.90. The summed E-state index contributed by atoms with van der Waals surface area (Å²) in [6.07, 6.45) is 0.994. The van der Waals surface area contributed by atoms with E-state index in [-0.39, 0.29) is 18.3 Å². The first kappa shape index (κ1) is 13.1. The Kier molecular flexibility index (Phi) is 4.18. The molecule has 0 aromatic heterocycles. The number of carbonyl (C=O) groups excluding carboxylic acids is 1. The molecular formula is C16H16O3. The molecule has 2 aromatic rings. The molecule has 0 unspecified atom stereocenters. The van der Waals surface area contributed by atoms with Crippen molar-refractivity contribution in [3.05, 3.63) is 65.2 Å². The van der Waals surface area contributed by atoms with Crippen LogP contribution < -0.4 is 0 Å². The van der Waals surface area contributed by atoms with E-state index in [0.29, 0.717) is 5.56 Å². The summed E-state index contributed by atoms with van der Waals surface area (Å²) in [4.78, 5) is 11.7. The van der Waals surface area contributed by atoms with Gasteiger partial charge in [-0.3, -0.25) is 0 Å². The molecule has 98 valence electrons. The van der Waals surface area contributed by atoms with Crippen molar-refractivity contribution in [3.63, 3.8) is 0 Å². The van der Waals surface area contributed by atoms with Gasteiger partial charge in [0.1, 0.15) is 12.4 Å². The fraction of sp³-hybridized carbons (Fsp3) is 0.188. The molecule has 2 aromatic carbocycles. The zero-order chi connectivity index (χ0) is 13.7. The van der Waals surface area contributed by atoms with Gasteiger partial charge in [-0.1, -0.05) is 31.2 Å². The largest absolute Gasteiger partial charge is 0.508 e. The maximum Gasteiger partial charge on any atom is 0.338 e. The van der Waals surface area contributed by atoms with Crippen molar-refractivity contribution in [1.29, 1.82) is 0 Å². The summed E-state index contributed by atoms with van der Waals surface area (Å²) < 4.78 is 5.21. The lowest BCUT2D eigenvalue weighted by molar-refractivity contribution is 0.0472. The highest BCUT2D eigenvalue weighted by molar-refractivity contribution is 5.89. The summed E-state index contributed by atoms with van der Waals surface area (Å²) >= 11 is 0. The molecule has 19 heavy (non-hydrogen) atoms. The summed E-state index contributed by atoms with van der Waals surface area (Å²) in [5.41, 5.74) is 2.65. The van der Waals surface area contributed by atoms with E-state index in [0.717, 1.165) is 12.0 Å². The topological polar surface area (TPSA) is 46.5 Å². The SMILES string of the molecule is CCc1ccc(COC(=O)c2ccc(O)cc2)cc1. The van der Waals surface area contributed by atoms with Crippen LogP contribution in [0.4, 0.5) is 0 Å². The van der Waals surface area contributed by atoms with Crippen molar-refractivity contribution >= 4 is 5.97 Å². The van der Waals surface area contributed by atoms with Crippen molar-refractivity contribution in [2.45, 2.75) is 20.0 Å². The Morgan fingerprint density at radius 2 is 1.58 bits per heavy atom. The van der Waals surface area contributed by atoms with Gasteiger partial charge in [0.15, 0.2) is 0 Å². The lowest BCUT2D eigenvalue weighted by atomic mass is 10.1. The number of carbonyl (C=O) groups is 1. The van der Waals surface area contributed by atoms with E-state index in [4.69, 9.17) is 9.84 Å². The van der Waals surface area contributed by atoms with Gasteiger partial charge in [0, 0.05) is 0 Å². The molecule has 1 N–H and O–H groups in total. The van der Waals surface area contributed by atoms with Crippen LogP contribution in [0.3, 0.4) is 0 Å². The zero-order valence-corrected chi connectivity index (χ0v) is 10.8. The van der Waals surface area contributed by atoms with Crippen LogP contribution in [0, 0.1) is 0 Å². The second-order valence-corrected chi connectivity index (χ2v) is 4.29. The molecule has 0 aliphatic rings. The van der Waals surface area contributed by atoms with Gasteiger partial charge in [-0.05, 0) is 41.8 Å². The second-order valence-electron chi connectivity index (χ2n) is 4.29. The Labute approximate surface area is 112 Å². The molecule has 0 aliphatic heterocycles. The number of hydrogen-bond acceptors (Lipinski definition) is 3. The number of phenols is 1. The first-order valence-electron chi connectivity index (χ1n) is 6.23. The highest BCUT2D eigenvalue weighted by atomic mass is 16.5. The Balaban J connectivity index is 1.94. The van der Waals surface area contributed by atoms with E-state index < -0.39 is 0 Å². The summed E-state index contributed by atoms with van der Waals surface area (Å²) in [5.74, 6) is -0.258. The van der Waals surface area contributed by atoms with Gasteiger partial charge >= 0.3 is 5.97 Å². The minimum Gasteiger partial charge on any atom is -0.508 e. The highest BCUT2D eigenvalue weighted by Gasteiger charge is 2.07. The molecule has 3 heteroatoms. The van der Waals surface area contributed by atoms with Crippen molar-refractivity contribution in [2.75, 3.05) is 0 Å².